The molecule has 3 rings (SSSR count). The van der Waals surface area contributed by atoms with Crippen LogP contribution in [0.3, 0.4) is 0 Å². The highest BCUT2D eigenvalue weighted by Crippen LogP contribution is 2.29. The summed E-state index contributed by atoms with van der Waals surface area (Å²) in [5.41, 5.74) is 1.16. The zero-order valence-electron chi connectivity index (χ0n) is 11.4. The third kappa shape index (κ3) is 3.18. The van der Waals surface area contributed by atoms with Gasteiger partial charge in [-0.15, -0.1) is 0 Å². The summed E-state index contributed by atoms with van der Waals surface area (Å²) in [4.78, 5) is 12.1. The first-order chi connectivity index (χ1) is 10.5. The van der Waals surface area contributed by atoms with E-state index in [9.17, 15) is 9.18 Å². The molecule has 0 fully saturated rings. The lowest BCUT2D eigenvalue weighted by atomic mass is 10.1. The molecule has 0 bridgehead atoms. The van der Waals surface area contributed by atoms with Gasteiger partial charge in [-0.05, 0) is 36.4 Å². The van der Waals surface area contributed by atoms with Crippen LogP contribution in [-0.2, 0) is 6.42 Å². The molecule has 114 valence electrons. The molecule has 0 spiro atoms. The van der Waals surface area contributed by atoms with Crippen molar-refractivity contribution in [2.45, 2.75) is 12.5 Å². The second kappa shape index (κ2) is 6.15. The number of benzene rings is 2. The van der Waals surface area contributed by atoms with E-state index in [4.69, 9.17) is 27.9 Å². The van der Waals surface area contributed by atoms with Gasteiger partial charge in [0.05, 0.1) is 17.1 Å². The Labute approximate surface area is 137 Å². The van der Waals surface area contributed by atoms with E-state index < -0.39 is 0 Å². The van der Waals surface area contributed by atoms with Crippen molar-refractivity contribution in [3.05, 3.63) is 63.4 Å². The number of carbonyl (C=O) groups excluding carboxylic acids is 1. The van der Waals surface area contributed by atoms with Gasteiger partial charge in [-0.1, -0.05) is 23.2 Å². The first-order valence-corrected chi connectivity index (χ1v) is 7.47. The monoisotopic (exact) mass is 339 g/mol. The van der Waals surface area contributed by atoms with Crippen molar-refractivity contribution in [3.8, 4) is 5.75 Å². The molecule has 1 N–H and O–H groups in total. The molecule has 1 atom stereocenters. The van der Waals surface area contributed by atoms with Gasteiger partial charge in [0.15, 0.2) is 0 Å². The number of hydrogen-bond donors (Lipinski definition) is 1. The normalized spacial score (nSPS) is 16.0. The summed E-state index contributed by atoms with van der Waals surface area (Å²) < 4.78 is 18.8. The lowest BCUT2D eigenvalue weighted by molar-refractivity contribution is 0.0933. The zero-order chi connectivity index (χ0) is 15.7. The molecule has 2 aromatic rings. The van der Waals surface area contributed by atoms with Crippen LogP contribution in [0.2, 0.25) is 10.0 Å². The Bertz CT molecular complexity index is 736. The van der Waals surface area contributed by atoms with Crippen LogP contribution in [-0.4, -0.2) is 18.6 Å². The Morgan fingerprint density at radius 3 is 2.86 bits per heavy atom. The van der Waals surface area contributed by atoms with E-state index in [-0.39, 0.29) is 17.8 Å². The van der Waals surface area contributed by atoms with Gasteiger partial charge < -0.3 is 10.1 Å². The number of nitrogens with one attached hydrogen (secondary N) is 1. The quantitative estimate of drug-likeness (QED) is 0.921. The third-order valence-electron chi connectivity index (χ3n) is 3.43. The van der Waals surface area contributed by atoms with Crippen molar-refractivity contribution in [1.29, 1.82) is 0 Å². The van der Waals surface area contributed by atoms with Crippen molar-refractivity contribution in [2.24, 2.45) is 0 Å². The Kier molecular flexibility index (Phi) is 4.23. The number of carbonyl (C=O) groups is 1. The molecule has 2 aromatic carbocycles. The molecule has 0 saturated carbocycles. The van der Waals surface area contributed by atoms with Crippen molar-refractivity contribution >= 4 is 29.1 Å². The van der Waals surface area contributed by atoms with Crippen LogP contribution in [0.15, 0.2) is 36.4 Å². The van der Waals surface area contributed by atoms with Gasteiger partial charge in [-0.25, -0.2) is 4.39 Å². The van der Waals surface area contributed by atoms with Crippen LogP contribution in [0, 0.1) is 5.82 Å². The average molecular weight is 340 g/mol. The van der Waals surface area contributed by atoms with Gasteiger partial charge in [0, 0.05) is 17.0 Å². The molecular weight excluding hydrogens is 328 g/mol. The summed E-state index contributed by atoms with van der Waals surface area (Å²) in [5.74, 6) is 0.0672. The molecule has 0 saturated heterocycles. The van der Waals surface area contributed by atoms with E-state index in [2.05, 4.69) is 5.32 Å². The fraction of sp³-hybridized carbons (Fsp3) is 0.188. The molecule has 0 radical (unpaired) electrons. The van der Waals surface area contributed by atoms with Crippen LogP contribution in [0.25, 0.3) is 0 Å². The summed E-state index contributed by atoms with van der Waals surface area (Å²) in [7, 11) is 0. The van der Waals surface area contributed by atoms with E-state index in [1.54, 1.807) is 18.2 Å². The van der Waals surface area contributed by atoms with Crippen molar-refractivity contribution in [3.63, 3.8) is 0 Å². The Morgan fingerprint density at radius 2 is 2.09 bits per heavy atom. The number of halogens is 3. The molecular formula is C16H12Cl2FNO2. The first kappa shape index (κ1) is 15.1. The lowest BCUT2D eigenvalue weighted by Gasteiger charge is -2.12. The minimum absolute atomic E-state index is 0.216. The van der Waals surface area contributed by atoms with Gasteiger partial charge in [-0.2, -0.15) is 0 Å². The van der Waals surface area contributed by atoms with Crippen molar-refractivity contribution < 1.29 is 13.9 Å². The Hall–Kier alpha value is -1.78. The van der Waals surface area contributed by atoms with Crippen molar-refractivity contribution in [2.75, 3.05) is 6.54 Å². The first-order valence-electron chi connectivity index (χ1n) is 6.71. The van der Waals surface area contributed by atoms with Gasteiger partial charge in [-0.3, -0.25) is 4.79 Å². The fourth-order valence-electron chi connectivity index (χ4n) is 2.38. The molecule has 22 heavy (non-hydrogen) atoms. The molecule has 0 aromatic heterocycles. The minimum Gasteiger partial charge on any atom is -0.488 e. The molecule has 0 unspecified atom stereocenters. The summed E-state index contributed by atoms with van der Waals surface area (Å²) >= 11 is 11.8. The van der Waals surface area contributed by atoms with E-state index in [0.29, 0.717) is 34.3 Å². The maximum absolute atomic E-state index is 13.2. The van der Waals surface area contributed by atoms with Crippen LogP contribution in [0.4, 0.5) is 4.39 Å². The Morgan fingerprint density at radius 1 is 1.27 bits per heavy atom. The topological polar surface area (TPSA) is 38.3 Å². The highest BCUT2D eigenvalue weighted by Gasteiger charge is 2.24. The van der Waals surface area contributed by atoms with Gasteiger partial charge in [0.25, 0.3) is 5.91 Å². The third-order valence-corrected chi connectivity index (χ3v) is 3.98. The van der Waals surface area contributed by atoms with E-state index >= 15 is 0 Å². The maximum Gasteiger partial charge on any atom is 0.252 e. The van der Waals surface area contributed by atoms with Crippen molar-refractivity contribution in [1.82, 2.24) is 5.32 Å². The molecule has 3 nitrogen and oxygen atoms in total. The molecule has 1 amide bonds. The zero-order valence-corrected chi connectivity index (χ0v) is 12.9. The van der Waals surface area contributed by atoms with Crippen LogP contribution in [0.1, 0.15) is 15.9 Å². The average Bonchev–Trinajstić information content (AvgIpc) is 2.86. The highest BCUT2D eigenvalue weighted by atomic mass is 35.5. The molecule has 0 aliphatic carbocycles. The van der Waals surface area contributed by atoms with Gasteiger partial charge in [0.2, 0.25) is 0 Å². The fourth-order valence-corrected chi connectivity index (χ4v) is 2.87. The summed E-state index contributed by atoms with van der Waals surface area (Å²) in [6.07, 6.45) is 0.341. The molecule has 1 aliphatic heterocycles. The number of fused-ring (bicyclic) bond motifs is 1. The van der Waals surface area contributed by atoms with Crippen LogP contribution < -0.4 is 10.1 Å². The largest absolute Gasteiger partial charge is 0.488 e. The predicted molar refractivity (Wildman–Crippen MR) is 83.3 cm³/mol. The minimum atomic E-state index is -0.299. The van der Waals surface area contributed by atoms with Gasteiger partial charge >= 0.3 is 0 Å². The van der Waals surface area contributed by atoms with Gasteiger partial charge in [0.1, 0.15) is 17.7 Å². The number of amides is 1. The SMILES string of the molecule is O=C(NC[C@H]1Cc2cc(F)ccc2O1)c1ccc(Cl)cc1Cl. The molecule has 1 heterocycles. The number of rotatable bonds is 3. The summed E-state index contributed by atoms with van der Waals surface area (Å²) in [5, 5.41) is 3.53. The Balaban J connectivity index is 1.61. The predicted octanol–water partition coefficient (Wildman–Crippen LogP) is 3.87. The number of hydrogen-bond acceptors (Lipinski definition) is 2. The molecule has 1 aliphatic rings. The highest BCUT2D eigenvalue weighted by molar-refractivity contribution is 6.36. The smallest absolute Gasteiger partial charge is 0.252 e. The maximum atomic E-state index is 13.2. The summed E-state index contributed by atoms with van der Waals surface area (Å²) in [6, 6.07) is 9.10. The second-order valence-corrected chi connectivity index (χ2v) is 5.87. The van der Waals surface area contributed by atoms with E-state index in [1.807, 2.05) is 0 Å². The number of ether oxygens (including phenoxy) is 1. The lowest BCUT2D eigenvalue weighted by Crippen LogP contribution is -2.34. The second-order valence-electron chi connectivity index (χ2n) is 5.03. The molecule has 6 heteroatoms. The standard InChI is InChI=1S/C16H12Cl2FNO2/c17-10-1-3-13(14(18)7-10)16(21)20-8-12-6-9-5-11(19)2-4-15(9)22-12/h1-5,7,12H,6,8H2,(H,20,21)/t12-/m1/s1. The van der Waals surface area contributed by atoms with Crippen LogP contribution >= 0.6 is 23.2 Å². The summed E-state index contributed by atoms with van der Waals surface area (Å²) in [6.45, 7) is 0.314. The van der Waals surface area contributed by atoms with E-state index in [1.165, 1.54) is 18.2 Å². The van der Waals surface area contributed by atoms with Crippen LogP contribution in [0.5, 0.6) is 5.75 Å². The van der Waals surface area contributed by atoms with E-state index in [0.717, 1.165) is 5.56 Å².